The van der Waals surface area contributed by atoms with E-state index in [0.717, 1.165) is 24.1 Å². The topological polar surface area (TPSA) is 78.9 Å². The van der Waals surface area contributed by atoms with E-state index in [0.29, 0.717) is 24.2 Å². The van der Waals surface area contributed by atoms with Gasteiger partial charge in [-0.3, -0.25) is 4.68 Å². The second kappa shape index (κ2) is 5.97. The maximum absolute atomic E-state index is 5.88. The van der Waals surface area contributed by atoms with E-state index < -0.39 is 0 Å². The third-order valence-electron chi connectivity index (χ3n) is 2.97. The highest BCUT2D eigenvalue weighted by Gasteiger charge is 2.09. The van der Waals surface area contributed by atoms with Crippen LogP contribution in [0.5, 0.6) is 0 Å². The molecule has 6 heteroatoms. The van der Waals surface area contributed by atoms with E-state index in [1.165, 1.54) is 6.42 Å². The van der Waals surface area contributed by atoms with Crippen molar-refractivity contribution >= 4 is 16.9 Å². The van der Waals surface area contributed by atoms with Crippen molar-refractivity contribution in [1.29, 1.82) is 0 Å². The molecule has 0 saturated heterocycles. The average molecular weight is 263 g/mol. The summed E-state index contributed by atoms with van der Waals surface area (Å²) in [6.07, 6.45) is 3.91. The molecule has 104 valence electrons. The number of ether oxygens (including phenoxy) is 1. The SMILES string of the molecule is CC(C)CCCOCc1nc(N)c2cnn(C)c2n1. The first-order valence-electron chi connectivity index (χ1n) is 6.59. The Hall–Kier alpha value is -1.69. The molecule has 0 aliphatic carbocycles. The number of aryl methyl sites for hydroxylation is 1. The zero-order valence-corrected chi connectivity index (χ0v) is 11.8. The molecule has 2 aromatic heterocycles. The van der Waals surface area contributed by atoms with E-state index >= 15 is 0 Å². The van der Waals surface area contributed by atoms with Crippen LogP contribution in [0, 0.1) is 5.92 Å². The largest absolute Gasteiger partial charge is 0.383 e. The molecule has 2 heterocycles. The van der Waals surface area contributed by atoms with Gasteiger partial charge in [0.1, 0.15) is 12.4 Å². The van der Waals surface area contributed by atoms with Gasteiger partial charge in [-0.05, 0) is 18.8 Å². The van der Waals surface area contributed by atoms with Gasteiger partial charge in [0.2, 0.25) is 0 Å². The Morgan fingerprint density at radius 3 is 2.89 bits per heavy atom. The number of nitrogen functional groups attached to an aromatic ring is 1. The number of hydrogen-bond donors (Lipinski definition) is 1. The van der Waals surface area contributed by atoms with Crippen LogP contribution >= 0.6 is 0 Å². The molecule has 0 fully saturated rings. The van der Waals surface area contributed by atoms with Crippen LogP contribution in [0.15, 0.2) is 6.20 Å². The first-order valence-corrected chi connectivity index (χ1v) is 6.59. The van der Waals surface area contributed by atoms with E-state index in [-0.39, 0.29) is 0 Å². The fraction of sp³-hybridized carbons (Fsp3) is 0.615. The molecule has 0 radical (unpaired) electrons. The minimum absolute atomic E-state index is 0.392. The number of nitrogens with two attached hydrogens (primary N) is 1. The van der Waals surface area contributed by atoms with Crippen molar-refractivity contribution in [2.75, 3.05) is 12.3 Å². The number of hydrogen-bond acceptors (Lipinski definition) is 5. The Morgan fingerprint density at radius 2 is 2.16 bits per heavy atom. The third-order valence-corrected chi connectivity index (χ3v) is 2.97. The zero-order chi connectivity index (χ0) is 13.8. The quantitative estimate of drug-likeness (QED) is 0.805. The molecular formula is C13H21N5O. The molecule has 0 saturated carbocycles. The number of fused-ring (bicyclic) bond motifs is 1. The molecule has 0 atom stereocenters. The van der Waals surface area contributed by atoms with Gasteiger partial charge in [-0.2, -0.15) is 5.10 Å². The summed E-state index contributed by atoms with van der Waals surface area (Å²) in [7, 11) is 1.84. The van der Waals surface area contributed by atoms with Crippen LogP contribution in [0.25, 0.3) is 11.0 Å². The summed E-state index contributed by atoms with van der Waals surface area (Å²) in [5.41, 5.74) is 6.62. The number of anilines is 1. The summed E-state index contributed by atoms with van der Waals surface area (Å²) in [6, 6.07) is 0. The lowest BCUT2D eigenvalue weighted by atomic mass is 10.1. The van der Waals surface area contributed by atoms with Crippen LogP contribution in [0.1, 0.15) is 32.5 Å². The molecule has 2 N–H and O–H groups in total. The highest BCUT2D eigenvalue weighted by Crippen LogP contribution is 2.16. The molecular weight excluding hydrogens is 242 g/mol. The van der Waals surface area contributed by atoms with Crippen molar-refractivity contribution in [3.05, 3.63) is 12.0 Å². The van der Waals surface area contributed by atoms with Gasteiger partial charge in [0, 0.05) is 13.7 Å². The van der Waals surface area contributed by atoms with Crippen molar-refractivity contribution in [3.63, 3.8) is 0 Å². The standard InChI is InChI=1S/C13H21N5O/c1-9(2)5-4-6-19-8-11-16-12(14)10-7-15-18(3)13(10)17-11/h7,9H,4-6,8H2,1-3H3,(H2,14,16,17). The number of nitrogens with zero attached hydrogens (tertiary/aromatic N) is 4. The summed E-state index contributed by atoms with van der Waals surface area (Å²) in [6.45, 7) is 5.54. The zero-order valence-electron chi connectivity index (χ0n) is 11.8. The Kier molecular flexibility index (Phi) is 4.31. The van der Waals surface area contributed by atoms with Crippen LogP contribution in [-0.4, -0.2) is 26.4 Å². The maximum atomic E-state index is 5.88. The molecule has 0 aromatic carbocycles. The minimum Gasteiger partial charge on any atom is -0.383 e. The van der Waals surface area contributed by atoms with Gasteiger partial charge >= 0.3 is 0 Å². The van der Waals surface area contributed by atoms with Crippen molar-refractivity contribution < 1.29 is 4.74 Å². The lowest BCUT2D eigenvalue weighted by Crippen LogP contribution is -2.05. The van der Waals surface area contributed by atoms with Gasteiger partial charge in [0.25, 0.3) is 0 Å². The highest BCUT2D eigenvalue weighted by atomic mass is 16.5. The molecule has 2 rings (SSSR count). The smallest absolute Gasteiger partial charge is 0.163 e. The van der Waals surface area contributed by atoms with Crippen molar-refractivity contribution in [2.45, 2.75) is 33.3 Å². The van der Waals surface area contributed by atoms with Crippen LogP contribution in [0.2, 0.25) is 0 Å². The summed E-state index contributed by atoms with van der Waals surface area (Å²) in [5.74, 6) is 1.78. The summed E-state index contributed by atoms with van der Waals surface area (Å²) in [5, 5.41) is 4.90. The van der Waals surface area contributed by atoms with Crippen molar-refractivity contribution in [3.8, 4) is 0 Å². The first kappa shape index (κ1) is 13.7. The summed E-state index contributed by atoms with van der Waals surface area (Å²) >= 11 is 0. The molecule has 6 nitrogen and oxygen atoms in total. The normalized spacial score (nSPS) is 11.6. The van der Waals surface area contributed by atoms with Crippen LogP contribution in [-0.2, 0) is 18.4 Å². The summed E-state index contributed by atoms with van der Waals surface area (Å²) in [4.78, 5) is 8.65. The Balaban J connectivity index is 1.95. The molecule has 2 aromatic rings. The Bertz CT molecular complexity index is 549. The van der Waals surface area contributed by atoms with Gasteiger partial charge in [0.05, 0.1) is 11.6 Å². The lowest BCUT2D eigenvalue weighted by Gasteiger charge is -2.06. The first-order chi connectivity index (χ1) is 9.08. The Morgan fingerprint density at radius 1 is 1.37 bits per heavy atom. The van der Waals surface area contributed by atoms with Crippen molar-refractivity contribution in [2.24, 2.45) is 13.0 Å². The maximum Gasteiger partial charge on any atom is 0.163 e. The van der Waals surface area contributed by atoms with E-state index in [4.69, 9.17) is 10.5 Å². The third kappa shape index (κ3) is 3.41. The van der Waals surface area contributed by atoms with Crippen LogP contribution in [0.3, 0.4) is 0 Å². The van der Waals surface area contributed by atoms with Crippen LogP contribution in [0.4, 0.5) is 5.82 Å². The molecule has 19 heavy (non-hydrogen) atoms. The molecule has 0 unspecified atom stereocenters. The predicted octanol–water partition coefficient (Wildman–Crippen LogP) is 1.90. The number of rotatable bonds is 6. The molecule has 0 amide bonds. The molecule has 0 aliphatic heterocycles. The van der Waals surface area contributed by atoms with E-state index in [1.807, 2.05) is 7.05 Å². The van der Waals surface area contributed by atoms with E-state index in [2.05, 4.69) is 28.9 Å². The fourth-order valence-electron chi connectivity index (χ4n) is 1.91. The van der Waals surface area contributed by atoms with Gasteiger partial charge in [-0.1, -0.05) is 13.8 Å². The summed E-state index contributed by atoms with van der Waals surface area (Å²) < 4.78 is 7.27. The highest BCUT2D eigenvalue weighted by molar-refractivity contribution is 5.84. The number of aromatic nitrogens is 4. The van der Waals surface area contributed by atoms with Crippen LogP contribution < -0.4 is 5.73 Å². The Labute approximate surface area is 113 Å². The van der Waals surface area contributed by atoms with E-state index in [9.17, 15) is 0 Å². The predicted molar refractivity (Wildman–Crippen MR) is 74.4 cm³/mol. The molecule has 0 spiro atoms. The monoisotopic (exact) mass is 263 g/mol. The fourth-order valence-corrected chi connectivity index (χ4v) is 1.91. The van der Waals surface area contributed by atoms with E-state index in [1.54, 1.807) is 10.9 Å². The second-order valence-electron chi connectivity index (χ2n) is 5.12. The van der Waals surface area contributed by atoms with Gasteiger partial charge < -0.3 is 10.5 Å². The minimum atomic E-state index is 0.392. The van der Waals surface area contributed by atoms with Gasteiger partial charge in [-0.25, -0.2) is 9.97 Å². The van der Waals surface area contributed by atoms with Crippen molar-refractivity contribution in [1.82, 2.24) is 19.7 Å². The second-order valence-corrected chi connectivity index (χ2v) is 5.12. The molecule has 0 bridgehead atoms. The van der Waals surface area contributed by atoms with Gasteiger partial charge in [0.15, 0.2) is 11.5 Å². The van der Waals surface area contributed by atoms with Gasteiger partial charge in [-0.15, -0.1) is 0 Å². The lowest BCUT2D eigenvalue weighted by molar-refractivity contribution is 0.110. The molecule has 0 aliphatic rings. The average Bonchev–Trinajstić information content (AvgIpc) is 2.71.